The van der Waals surface area contributed by atoms with Crippen molar-refractivity contribution in [1.82, 2.24) is 10.6 Å². The summed E-state index contributed by atoms with van der Waals surface area (Å²) in [5, 5.41) is 14.8. The van der Waals surface area contributed by atoms with Crippen LogP contribution in [0.25, 0.3) is 0 Å². The minimum Gasteiger partial charge on any atom is -0.352 e. The molecule has 0 saturated heterocycles. The summed E-state index contributed by atoms with van der Waals surface area (Å²) in [6.07, 6.45) is -4.36. The van der Waals surface area contributed by atoms with Crippen LogP contribution in [-0.2, 0) is 19.3 Å². The summed E-state index contributed by atoms with van der Waals surface area (Å²) in [4.78, 5) is 4.04. The summed E-state index contributed by atoms with van der Waals surface area (Å²) in [5.74, 6) is 0.474. The highest BCUT2D eigenvalue weighted by atomic mass is 127. The summed E-state index contributed by atoms with van der Waals surface area (Å²) in [5.41, 5.74) is 1.38. The zero-order chi connectivity index (χ0) is 18.3. The number of nitrogens with one attached hydrogen (secondary N) is 2. The Morgan fingerprint density at radius 2 is 1.65 bits per heavy atom. The fourth-order valence-corrected chi connectivity index (χ4v) is 2.15. The van der Waals surface area contributed by atoms with Gasteiger partial charge in [-0.05, 0) is 35.4 Å². The molecule has 0 unspecified atom stereocenters. The molecule has 26 heavy (non-hydrogen) atoms. The number of guanidine groups is 1. The van der Waals surface area contributed by atoms with Crippen molar-refractivity contribution in [3.05, 3.63) is 70.8 Å². The SMILES string of the molecule is CN=C(NCc1ccc(C#N)cc1)NCc1cccc(C(F)(F)F)c1.I. The second-order valence-electron chi connectivity index (χ2n) is 5.29. The molecule has 8 heteroatoms. The number of benzene rings is 2. The predicted molar refractivity (Wildman–Crippen MR) is 105 cm³/mol. The number of rotatable bonds is 4. The van der Waals surface area contributed by atoms with Gasteiger partial charge in [-0.25, -0.2) is 0 Å². The van der Waals surface area contributed by atoms with E-state index in [9.17, 15) is 13.2 Å². The predicted octanol–water partition coefficient (Wildman–Crippen LogP) is 4.06. The molecule has 0 heterocycles. The third-order valence-corrected chi connectivity index (χ3v) is 3.48. The molecule has 0 fully saturated rings. The van der Waals surface area contributed by atoms with E-state index in [0.29, 0.717) is 23.6 Å². The van der Waals surface area contributed by atoms with Gasteiger partial charge in [0.15, 0.2) is 5.96 Å². The van der Waals surface area contributed by atoms with Crippen molar-refractivity contribution in [2.24, 2.45) is 4.99 Å². The van der Waals surface area contributed by atoms with E-state index in [4.69, 9.17) is 5.26 Å². The molecule has 2 aromatic rings. The molecule has 0 aliphatic heterocycles. The van der Waals surface area contributed by atoms with E-state index in [1.54, 1.807) is 25.2 Å². The molecular weight excluding hydrogens is 456 g/mol. The Hall–Kier alpha value is -2.28. The summed E-state index contributed by atoms with van der Waals surface area (Å²) in [6, 6.07) is 14.3. The quantitative estimate of drug-likeness (QED) is 0.399. The highest BCUT2D eigenvalue weighted by molar-refractivity contribution is 14.0. The molecule has 0 aliphatic rings. The van der Waals surface area contributed by atoms with Gasteiger partial charge in [-0.1, -0.05) is 24.3 Å². The third kappa shape index (κ3) is 6.55. The van der Waals surface area contributed by atoms with Crippen LogP contribution >= 0.6 is 24.0 Å². The molecule has 0 spiro atoms. The number of halogens is 4. The van der Waals surface area contributed by atoms with Gasteiger partial charge in [-0.3, -0.25) is 4.99 Å². The first kappa shape index (κ1) is 21.8. The maximum atomic E-state index is 12.7. The first-order chi connectivity index (χ1) is 11.9. The van der Waals surface area contributed by atoms with Crippen LogP contribution in [0.2, 0.25) is 0 Å². The summed E-state index contributed by atoms with van der Waals surface area (Å²) in [6.45, 7) is 0.699. The molecule has 0 aromatic heterocycles. The molecule has 0 atom stereocenters. The van der Waals surface area contributed by atoms with Crippen molar-refractivity contribution in [2.45, 2.75) is 19.3 Å². The third-order valence-electron chi connectivity index (χ3n) is 3.48. The second kappa shape index (κ2) is 10.0. The molecule has 2 N–H and O–H groups in total. The van der Waals surface area contributed by atoms with Crippen LogP contribution in [0.3, 0.4) is 0 Å². The van der Waals surface area contributed by atoms with Gasteiger partial charge in [0.2, 0.25) is 0 Å². The van der Waals surface area contributed by atoms with Crippen molar-refractivity contribution < 1.29 is 13.2 Å². The Morgan fingerprint density at radius 3 is 2.19 bits per heavy atom. The molecule has 0 radical (unpaired) electrons. The van der Waals surface area contributed by atoms with Crippen LogP contribution < -0.4 is 10.6 Å². The second-order valence-corrected chi connectivity index (χ2v) is 5.29. The van der Waals surface area contributed by atoms with Gasteiger partial charge in [-0.15, -0.1) is 24.0 Å². The average Bonchev–Trinajstić information content (AvgIpc) is 2.62. The molecule has 0 bridgehead atoms. The highest BCUT2D eigenvalue weighted by Gasteiger charge is 2.30. The molecule has 138 valence electrons. The summed E-state index contributed by atoms with van der Waals surface area (Å²) >= 11 is 0. The van der Waals surface area contributed by atoms with E-state index in [1.807, 2.05) is 18.2 Å². The van der Waals surface area contributed by atoms with Crippen molar-refractivity contribution in [1.29, 1.82) is 5.26 Å². The van der Waals surface area contributed by atoms with E-state index >= 15 is 0 Å². The average molecular weight is 474 g/mol. The first-order valence-corrected chi connectivity index (χ1v) is 7.52. The minimum atomic E-state index is -4.36. The van der Waals surface area contributed by atoms with E-state index in [2.05, 4.69) is 15.6 Å². The fourth-order valence-electron chi connectivity index (χ4n) is 2.15. The lowest BCUT2D eigenvalue weighted by atomic mass is 10.1. The molecule has 0 amide bonds. The highest BCUT2D eigenvalue weighted by Crippen LogP contribution is 2.29. The Bertz CT molecular complexity index is 780. The zero-order valence-corrected chi connectivity index (χ0v) is 16.3. The number of nitrogens with zero attached hydrogens (tertiary/aromatic N) is 2. The maximum Gasteiger partial charge on any atom is 0.416 e. The zero-order valence-electron chi connectivity index (χ0n) is 14.0. The lowest BCUT2D eigenvalue weighted by Crippen LogP contribution is -2.36. The Balaban J connectivity index is 0.00000338. The van der Waals surface area contributed by atoms with Crippen LogP contribution in [-0.4, -0.2) is 13.0 Å². The van der Waals surface area contributed by atoms with E-state index in [0.717, 1.165) is 17.7 Å². The number of hydrogen-bond acceptors (Lipinski definition) is 2. The van der Waals surface area contributed by atoms with Crippen LogP contribution in [0.15, 0.2) is 53.5 Å². The maximum absolute atomic E-state index is 12.7. The topological polar surface area (TPSA) is 60.2 Å². The van der Waals surface area contributed by atoms with Crippen LogP contribution in [0.1, 0.15) is 22.3 Å². The summed E-state index contributed by atoms with van der Waals surface area (Å²) in [7, 11) is 1.58. The van der Waals surface area contributed by atoms with Crippen molar-refractivity contribution in [3.63, 3.8) is 0 Å². The van der Waals surface area contributed by atoms with Gasteiger partial charge in [0.1, 0.15) is 0 Å². The number of alkyl halides is 3. The van der Waals surface area contributed by atoms with Gasteiger partial charge < -0.3 is 10.6 Å². The monoisotopic (exact) mass is 474 g/mol. The molecule has 0 aliphatic carbocycles. The minimum absolute atomic E-state index is 0. The molecule has 2 rings (SSSR count). The standard InChI is InChI=1S/C18H17F3N4.HI/c1-23-17(24-11-14-7-5-13(10-22)6-8-14)25-12-15-3-2-4-16(9-15)18(19,20)21;/h2-9H,11-12H2,1H3,(H2,23,24,25);1H. The van der Waals surface area contributed by atoms with Crippen molar-refractivity contribution >= 4 is 29.9 Å². The Kier molecular flexibility index (Phi) is 8.38. The number of hydrogen-bond donors (Lipinski definition) is 2. The lowest BCUT2D eigenvalue weighted by Gasteiger charge is -2.13. The fraction of sp³-hybridized carbons (Fsp3) is 0.222. The molecule has 2 aromatic carbocycles. The normalized spacial score (nSPS) is 11.3. The largest absolute Gasteiger partial charge is 0.416 e. The smallest absolute Gasteiger partial charge is 0.352 e. The number of nitriles is 1. The van der Waals surface area contributed by atoms with Crippen molar-refractivity contribution in [2.75, 3.05) is 7.05 Å². The van der Waals surface area contributed by atoms with Crippen molar-refractivity contribution in [3.8, 4) is 6.07 Å². The number of aliphatic imine (C=N–C) groups is 1. The summed E-state index contributed by atoms with van der Waals surface area (Å²) < 4.78 is 38.2. The van der Waals surface area contributed by atoms with Gasteiger partial charge in [-0.2, -0.15) is 18.4 Å². The molecule has 0 saturated carbocycles. The van der Waals surface area contributed by atoms with Crippen LogP contribution in [0.5, 0.6) is 0 Å². The lowest BCUT2D eigenvalue weighted by molar-refractivity contribution is -0.137. The van der Waals surface area contributed by atoms with Gasteiger partial charge in [0.05, 0.1) is 17.2 Å². The van der Waals surface area contributed by atoms with E-state index in [-0.39, 0.29) is 30.5 Å². The van der Waals surface area contributed by atoms with Crippen LogP contribution in [0, 0.1) is 11.3 Å². The Labute approximate surface area is 167 Å². The van der Waals surface area contributed by atoms with Gasteiger partial charge in [0.25, 0.3) is 0 Å². The molecule has 4 nitrogen and oxygen atoms in total. The van der Waals surface area contributed by atoms with Gasteiger partial charge >= 0.3 is 6.18 Å². The van der Waals surface area contributed by atoms with E-state index < -0.39 is 11.7 Å². The van der Waals surface area contributed by atoms with E-state index in [1.165, 1.54) is 6.07 Å². The van der Waals surface area contributed by atoms with Gasteiger partial charge in [0, 0.05) is 20.1 Å². The van der Waals surface area contributed by atoms with Crippen LogP contribution in [0.4, 0.5) is 13.2 Å². The first-order valence-electron chi connectivity index (χ1n) is 7.52. The Morgan fingerprint density at radius 1 is 1.04 bits per heavy atom. The molecular formula is C18H18F3IN4.